The molecule has 0 aliphatic rings. The Kier molecular flexibility index (Phi) is 11.5. The van der Waals surface area contributed by atoms with Gasteiger partial charge in [-0.05, 0) is 51.2 Å². The number of nitrogens with zero attached hydrogens (tertiary/aromatic N) is 1. The minimum atomic E-state index is -1.13. The van der Waals surface area contributed by atoms with Crippen LogP contribution in [0.25, 0.3) is 0 Å². The molecule has 0 aromatic carbocycles. The van der Waals surface area contributed by atoms with Crippen LogP contribution in [0.5, 0.6) is 0 Å². The van der Waals surface area contributed by atoms with E-state index in [-0.39, 0.29) is 24.0 Å². The molecule has 1 rings (SSSR count). The van der Waals surface area contributed by atoms with Crippen LogP contribution in [-0.4, -0.2) is 51.7 Å². The number of aliphatic hydroxyl groups excluding tert-OH is 1. The van der Waals surface area contributed by atoms with Crippen LogP contribution in [0, 0.1) is 18.3 Å². The number of Topliss-reactive ketones (excluding diaryl/α,β-unsaturated/α-hetero) is 1. The summed E-state index contributed by atoms with van der Waals surface area (Å²) in [4.78, 5) is 41.9. The highest BCUT2D eigenvalue weighted by Gasteiger charge is 2.30. The Morgan fingerprint density at radius 1 is 1.15 bits per heavy atom. The average Bonchev–Trinajstić information content (AvgIpc) is 2.69. The summed E-state index contributed by atoms with van der Waals surface area (Å²) >= 11 is 0. The Morgan fingerprint density at radius 2 is 1.82 bits per heavy atom. The molecule has 0 aliphatic carbocycles. The maximum absolute atomic E-state index is 12.8. The molecule has 8 nitrogen and oxygen atoms in total. The van der Waals surface area contributed by atoms with Gasteiger partial charge < -0.3 is 20.5 Å². The Hall–Kier alpha value is -2.48. The van der Waals surface area contributed by atoms with E-state index in [4.69, 9.17) is 4.74 Å². The van der Waals surface area contributed by atoms with Gasteiger partial charge >= 0.3 is 6.09 Å². The molecule has 0 saturated heterocycles. The van der Waals surface area contributed by atoms with Crippen molar-refractivity contribution < 1.29 is 24.2 Å². The van der Waals surface area contributed by atoms with Crippen LogP contribution in [0.1, 0.15) is 73.4 Å². The molecule has 4 atom stereocenters. The molecule has 185 valence electrons. The molecule has 33 heavy (non-hydrogen) atoms. The Bertz CT molecular complexity index is 761. The number of pyridine rings is 1. The molecule has 2 amide bonds. The van der Waals surface area contributed by atoms with E-state index in [9.17, 15) is 19.5 Å². The van der Waals surface area contributed by atoms with Gasteiger partial charge in [0.2, 0.25) is 5.91 Å². The second kappa shape index (κ2) is 13.3. The first-order valence-corrected chi connectivity index (χ1v) is 11.6. The van der Waals surface area contributed by atoms with E-state index >= 15 is 0 Å². The van der Waals surface area contributed by atoms with Crippen LogP contribution in [0.15, 0.2) is 24.4 Å². The van der Waals surface area contributed by atoms with E-state index in [0.29, 0.717) is 18.5 Å². The average molecular weight is 463 g/mol. The number of amides is 2. The maximum atomic E-state index is 12.8. The van der Waals surface area contributed by atoms with Gasteiger partial charge in [-0.15, -0.1) is 0 Å². The third kappa shape index (κ3) is 11.3. The largest absolute Gasteiger partial charge is 0.444 e. The highest BCUT2D eigenvalue weighted by Crippen LogP contribution is 2.16. The van der Waals surface area contributed by atoms with E-state index < -0.39 is 35.8 Å². The van der Waals surface area contributed by atoms with Crippen molar-refractivity contribution in [3.63, 3.8) is 0 Å². The molecule has 1 aromatic heterocycles. The molecule has 0 spiro atoms. The van der Waals surface area contributed by atoms with Crippen molar-refractivity contribution in [2.45, 2.75) is 91.5 Å². The summed E-state index contributed by atoms with van der Waals surface area (Å²) in [5.74, 6) is -0.651. The number of ether oxygens (including phenoxy) is 1. The molecule has 8 heteroatoms. The molecule has 1 heterocycles. The van der Waals surface area contributed by atoms with Crippen LogP contribution in [-0.2, 0) is 14.3 Å². The fourth-order valence-corrected chi connectivity index (χ4v) is 3.27. The number of ketones is 1. The molecule has 3 N–H and O–H groups in total. The number of hydrogen-bond acceptors (Lipinski definition) is 6. The standard InChI is InChI=1S/C25H40N3O5/c1-8-17(4)23(21(30)14-18-11-9-10-12-26-18)28-22(31)15-20(29)19(13-16(2)3)27-24(32)33-25(5,6)7/h9-12,14,16-17,19-20,23,29H,8,13,15H2,1-7H3,(H,27,32)(H,28,31)/t17-,19-,20-,23-/m0/s1. The molecule has 0 bridgehead atoms. The lowest BCUT2D eigenvalue weighted by Gasteiger charge is -2.28. The lowest BCUT2D eigenvalue weighted by atomic mass is 9.92. The maximum Gasteiger partial charge on any atom is 0.407 e. The van der Waals surface area contributed by atoms with E-state index in [1.807, 2.05) is 27.7 Å². The molecule has 1 aromatic rings. The van der Waals surface area contributed by atoms with Crippen LogP contribution in [0.3, 0.4) is 0 Å². The van der Waals surface area contributed by atoms with Crippen molar-refractivity contribution in [2.24, 2.45) is 11.8 Å². The lowest BCUT2D eigenvalue weighted by Crippen LogP contribution is -2.50. The fourth-order valence-electron chi connectivity index (χ4n) is 3.27. The first kappa shape index (κ1) is 28.6. The predicted octanol–water partition coefficient (Wildman–Crippen LogP) is 3.42. The molecule has 0 fully saturated rings. The van der Waals surface area contributed by atoms with Gasteiger partial charge in [-0.2, -0.15) is 0 Å². The Labute approximate surface area is 197 Å². The van der Waals surface area contributed by atoms with Crippen molar-refractivity contribution in [1.29, 1.82) is 0 Å². The summed E-state index contributed by atoms with van der Waals surface area (Å²) in [6.07, 6.45) is 2.13. The number of aromatic nitrogens is 1. The molecule has 0 unspecified atom stereocenters. The van der Waals surface area contributed by atoms with Crippen LogP contribution >= 0.6 is 0 Å². The zero-order chi connectivity index (χ0) is 25.2. The SMILES string of the molecule is CC[C@H](C)[C@H](NC(=O)C[C@H](O)[C@H](CC(C)C)NC(=O)OC(C)(C)C)C(=O)[CH]c1ccccn1. The normalized spacial score (nSPS) is 15.3. The minimum Gasteiger partial charge on any atom is -0.444 e. The van der Waals surface area contributed by atoms with E-state index in [1.165, 1.54) is 6.42 Å². The van der Waals surface area contributed by atoms with Crippen LogP contribution in [0.2, 0.25) is 0 Å². The monoisotopic (exact) mass is 462 g/mol. The highest BCUT2D eigenvalue weighted by atomic mass is 16.6. The van der Waals surface area contributed by atoms with Gasteiger partial charge in [0.1, 0.15) is 5.60 Å². The van der Waals surface area contributed by atoms with Gasteiger partial charge in [0.05, 0.1) is 36.7 Å². The summed E-state index contributed by atoms with van der Waals surface area (Å²) in [6, 6.07) is 3.86. The summed E-state index contributed by atoms with van der Waals surface area (Å²) in [5.41, 5.74) is -0.161. The summed E-state index contributed by atoms with van der Waals surface area (Å²) in [6.45, 7) is 13.0. The van der Waals surface area contributed by atoms with Crippen molar-refractivity contribution in [3.8, 4) is 0 Å². The zero-order valence-electron chi connectivity index (χ0n) is 20.9. The van der Waals surface area contributed by atoms with Crippen molar-refractivity contribution in [1.82, 2.24) is 15.6 Å². The third-order valence-electron chi connectivity index (χ3n) is 5.10. The van der Waals surface area contributed by atoms with E-state index in [0.717, 1.165) is 0 Å². The smallest absolute Gasteiger partial charge is 0.407 e. The third-order valence-corrected chi connectivity index (χ3v) is 5.10. The van der Waals surface area contributed by atoms with Crippen LogP contribution < -0.4 is 10.6 Å². The first-order chi connectivity index (χ1) is 15.3. The van der Waals surface area contributed by atoms with Gasteiger partial charge in [-0.3, -0.25) is 14.6 Å². The van der Waals surface area contributed by atoms with E-state index in [2.05, 4.69) is 15.6 Å². The first-order valence-electron chi connectivity index (χ1n) is 11.6. The Balaban J connectivity index is 2.82. The molecular weight excluding hydrogens is 422 g/mol. The second-order valence-electron chi connectivity index (χ2n) is 9.89. The second-order valence-corrected chi connectivity index (χ2v) is 9.89. The number of carbonyl (C=O) groups is 3. The summed E-state index contributed by atoms with van der Waals surface area (Å²) < 4.78 is 5.29. The van der Waals surface area contributed by atoms with Crippen LogP contribution in [0.4, 0.5) is 4.79 Å². The van der Waals surface area contributed by atoms with Gasteiger partial charge in [-0.25, -0.2) is 4.79 Å². The number of nitrogens with one attached hydrogen (secondary N) is 2. The molecular formula is C25H40N3O5. The van der Waals surface area contributed by atoms with Gasteiger partial charge in [0, 0.05) is 6.20 Å². The Morgan fingerprint density at radius 3 is 2.33 bits per heavy atom. The van der Waals surface area contributed by atoms with Gasteiger partial charge in [0.15, 0.2) is 5.78 Å². The lowest BCUT2D eigenvalue weighted by molar-refractivity contribution is -0.129. The van der Waals surface area contributed by atoms with E-state index in [1.54, 1.807) is 45.2 Å². The number of aliphatic hydroxyl groups is 1. The number of hydrogen-bond donors (Lipinski definition) is 3. The van der Waals surface area contributed by atoms with Gasteiger partial charge in [0.25, 0.3) is 0 Å². The zero-order valence-corrected chi connectivity index (χ0v) is 20.9. The number of alkyl carbamates (subject to hydrolysis) is 1. The highest BCUT2D eigenvalue weighted by molar-refractivity contribution is 5.97. The number of carbonyl (C=O) groups excluding carboxylic acids is 3. The molecule has 0 saturated carbocycles. The number of rotatable bonds is 12. The van der Waals surface area contributed by atoms with Gasteiger partial charge in [-0.1, -0.05) is 40.2 Å². The summed E-state index contributed by atoms with van der Waals surface area (Å²) in [5, 5.41) is 16.2. The van der Waals surface area contributed by atoms with Crippen molar-refractivity contribution >= 4 is 17.8 Å². The predicted molar refractivity (Wildman–Crippen MR) is 127 cm³/mol. The quantitative estimate of drug-likeness (QED) is 0.438. The minimum absolute atomic E-state index is 0.107. The van der Waals surface area contributed by atoms with Crippen molar-refractivity contribution in [2.75, 3.05) is 0 Å². The summed E-state index contributed by atoms with van der Waals surface area (Å²) in [7, 11) is 0. The molecule has 0 aliphatic heterocycles. The fraction of sp³-hybridized carbons (Fsp3) is 0.640. The molecule has 1 radical (unpaired) electrons. The topological polar surface area (TPSA) is 118 Å². The van der Waals surface area contributed by atoms with Crippen molar-refractivity contribution in [3.05, 3.63) is 36.5 Å².